The second kappa shape index (κ2) is 4.84. The first kappa shape index (κ1) is 12.0. The van der Waals surface area contributed by atoms with Gasteiger partial charge in [0.15, 0.2) is 0 Å². The monoisotopic (exact) mass is 237 g/mol. The largest absolute Gasteiger partial charge is 0.497 e. The van der Waals surface area contributed by atoms with E-state index < -0.39 is 0 Å². The zero-order valence-electron chi connectivity index (χ0n) is 10.3. The fourth-order valence-corrected chi connectivity index (χ4v) is 1.80. The standard InChI is InChI=1S/C13H19NO3/c1-16-10-3-4-12(17-2)11(7-10)14-8-13(9-15)5-6-13/h3-4,7,14-15H,5-6,8-9H2,1-2H3. The number of ether oxygens (including phenoxy) is 2. The van der Waals surface area contributed by atoms with E-state index in [-0.39, 0.29) is 12.0 Å². The van der Waals surface area contributed by atoms with Crippen molar-refractivity contribution in [3.05, 3.63) is 18.2 Å². The third-order valence-electron chi connectivity index (χ3n) is 3.35. The molecule has 1 aliphatic rings. The van der Waals surface area contributed by atoms with Crippen LogP contribution in [0.25, 0.3) is 0 Å². The summed E-state index contributed by atoms with van der Waals surface area (Å²) in [6.45, 7) is 1.01. The van der Waals surface area contributed by atoms with Crippen molar-refractivity contribution in [2.45, 2.75) is 12.8 Å². The van der Waals surface area contributed by atoms with Crippen molar-refractivity contribution in [3.63, 3.8) is 0 Å². The van der Waals surface area contributed by atoms with Gasteiger partial charge in [0.25, 0.3) is 0 Å². The summed E-state index contributed by atoms with van der Waals surface area (Å²) in [5.74, 6) is 1.58. The van der Waals surface area contributed by atoms with Crippen LogP contribution in [0.4, 0.5) is 5.69 Å². The number of anilines is 1. The molecule has 1 saturated carbocycles. The zero-order chi connectivity index (χ0) is 12.3. The highest BCUT2D eigenvalue weighted by Gasteiger charge is 2.41. The fraction of sp³-hybridized carbons (Fsp3) is 0.538. The summed E-state index contributed by atoms with van der Waals surface area (Å²) < 4.78 is 10.5. The van der Waals surface area contributed by atoms with E-state index in [1.54, 1.807) is 14.2 Å². The van der Waals surface area contributed by atoms with Crippen LogP contribution in [0.1, 0.15) is 12.8 Å². The van der Waals surface area contributed by atoms with Gasteiger partial charge in [-0.3, -0.25) is 0 Å². The Morgan fingerprint density at radius 2 is 2.06 bits per heavy atom. The molecule has 0 amide bonds. The van der Waals surface area contributed by atoms with Gasteiger partial charge in [-0.25, -0.2) is 0 Å². The van der Waals surface area contributed by atoms with Crippen LogP contribution in [0.2, 0.25) is 0 Å². The average Bonchev–Trinajstić information content (AvgIpc) is 3.16. The Morgan fingerprint density at radius 1 is 1.29 bits per heavy atom. The lowest BCUT2D eigenvalue weighted by Crippen LogP contribution is -2.19. The van der Waals surface area contributed by atoms with Gasteiger partial charge in [0, 0.05) is 18.0 Å². The van der Waals surface area contributed by atoms with Crippen molar-refractivity contribution < 1.29 is 14.6 Å². The normalized spacial score (nSPS) is 16.4. The zero-order valence-corrected chi connectivity index (χ0v) is 10.3. The first-order valence-corrected chi connectivity index (χ1v) is 5.80. The van der Waals surface area contributed by atoms with Gasteiger partial charge in [0.2, 0.25) is 0 Å². The first-order chi connectivity index (χ1) is 8.23. The quantitative estimate of drug-likeness (QED) is 0.793. The van der Waals surface area contributed by atoms with Gasteiger partial charge in [-0.2, -0.15) is 0 Å². The maximum Gasteiger partial charge on any atom is 0.142 e. The Labute approximate surface area is 102 Å². The van der Waals surface area contributed by atoms with E-state index >= 15 is 0 Å². The van der Waals surface area contributed by atoms with E-state index in [4.69, 9.17) is 9.47 Å². The summed E-state index contributed by atoms with van der Waals surface area (Å²) >= 11 is 0. The molecule has 0 unspecified atom stereocenters. The lowest BCUT2D eigenvalue weighted by molar-refractivity contribution is 0.219. The molecule has 0 spiro atoms. The van der Waals surface area contributed by atoms with Crippen molar-refractivity contribution >= 4 is 5.69 Å². The molecule has 1 aromatic rings. The molecule has 0 radical (unpaired) electrons. The van der Waals surface area contributed by atoms with E-state index in [9.17, 15) is 5.11 Å². The van der Waals surface area contributed by atoms with Gasteiger partial charge < -0.3 is 19.9 Å². The molecule has 2 rings (SSSR count). The number of methoxy groups -OCH3 is 2. The maximum absolute atomic E-state index is 9.27. The van der Waals surface area contributed by atoms with E-state index in [0.29, 0.717) is 0 Å². The van der Waals surface area contributed by atoms with Crippen LogP contribution in [-0.2, 0) is 0 Å². The second-order valence-electron chi connectivity index (χ2n) is 4.58. The van der Waals surface area contributed by atoms with E-state index in [0.717, 1.165) is 36.6 Å². The molecule has 0 atom stereocenters. The predicted molar refractivity (Wildman–Crippen MR) is 66.8 cm³/mol. The molecule has 0 aliphatic heterocycles. The molecule has 0 bridgehead atoms. The van der Waals surface area contributed by atoms with Gasteiger partial charge in [-0.15, -0.1) is 0 Å². The van der Waals surface area contributed by atoms with Crippen molar-refractivity contribution in [1.29, 1.82) is 0 Å². The Hall–Kier alpha value is -1.42. The minimum absolute atomic E-state index is 0.0775. The number of hydrogen-bond acceptors (Lipinski definition) is 4. The molecular weight excluding hydrogens is 218 g/mol. The van der Waals surface area contributed by atoms with Crippen molar-refractivity contribution in [1.82, 2.24) is 0 Å². The third kappa shape index (κ3) is 2.64. The van der Waals surface area contributed by atoms with E-state index in [1.807, 2.05) is 18.2 Å². The van der Waals surface area contributed by atoms with Crippen LogP contribution in [0.15, 0.2) is 18.2 Å². The molecule has 2 N–H and O–H groups in total. The molecule has 0 saturated heterocycles. The maximum atomic E-state index is 9.27. The van der Waals surface area contributed by atoms with Gasteiger partial charge in [0.05, 0.1) is 26.5 Å². The molecule has 4 heteroatoms. The minimum atomic E-state index is 0.0775. The highest BCUT2D eigenvalue weighted by atomic mass is 16.5. The van der Waals surface area contributed by atoms with Crippen LogP contribution < -0.4 is 14.8 Å². The number of aliphatic hydroxyl groups is 1. The van der Waals surface area contributed by atoms with Crippen molar-refractivity contribution in [2.75, 3.05) is 32.7 Å². The lowest BCUT2D eigenvalue weighted by Gasteiger charge is -2.16. The summed E-state index contributed by atoms with van der Waals surface area (Å²) in [5.41, 5.74) is 0.986. The van der Waals surface area contributed by atoms with Crippen LogP contribution in [0, 0.1) is 5.41 Å². The Balaban J connectivity index is 2.07. The summed E-state index contributed by atoms with van der Waals surface area (Å²) in [7, 11) is 3.29. The van der Waals surface area contributed by atoms with Gasteiger partial charge in [-0.1, -0.05) is 0 Å². The Bertz CT molecular complexity index is 388. The lowest BCUT2D eigenvalue weighted by atomic mass is 10.1. The van der Waals surface area contributed by atoms with Gasteiger partial charge in [-0.05, 0) is 25.0 Å². The fourth-order valence-electron chi connectivity index (χ4n) is 1.80. The molecular formula is C13H19NO3. The third-order valence-corrected chi connectivity index (χ3v) is 3.35. The second-order valence-corrected chi connectivity index (χ2v) is 4.58. The van der Waals surface area contributed by atoms with Gasteiger partial charge >= 0.3 is 0 Å². The van der Waals surface area contributed by atoms with Crippen molar-refractivity contribution in [2.24, 2.45) is 5.41 Å². The van der Waals surface area contributed by atoms with Crippen LogP contribution in [0.3, 0.4) is 0 Å². The smallest absolute Gasteiger partial charge is 0.142 e. The van der Waals surface area contributed by atoms with Gasteiger partial charge in [0.1, 0.15) is 11.5 Å². The number of aliphatic hydroxyl groups excluding tert-OH is 1. The molecule has 0 heterocycles. The molecule has 1 aliphatic carbocycles. The predicted octanol–water partition coefficient (Wildman–Crippen LogP) is 1.89. The molecule has 1 aromatic carbocycles. The van der Waals surface area contributed by atoms with E-state index in [2.05, 4.69) is 5.32 Å². The highest BCUT2D eigenvalue weighted by Crippen LogP contribution is 2.45. The average molecular weight is 237 g/mol. The number of hydrogen-bond donors (Lipinski definition) is 2. The van der Waals surface area contributed by atoms with Crippen LogP contribution >= 0.6 is 0 Å². The summed E-state index contributed by atoms with van der Waals surface area (Å²) in [6, 6.07) is 5.65. The molecule has 94 valence electrons. The number of rotatable bonds is 6. The topological polar surface area (TPSA) is 50.7 Å². The number of nitrogens with one attached hydrogen (secondary N) is 1. The Morgan fingerprint density at radius 3 is 2.59 bits per heavy atom. The number of benzene rings is 1. The SMILES string of the molecule is COc1ccc(OC)c(NCC2(CO)CC2)c1. The molecule has 1 fully saturated rings. The molecule has 17 heavy (non-hydrogen) atoms. The molecule has 0 aromatic heterocycles. The summed E-state index contributed by atoms with van der Waals surface area (Å²) in [6.07, 6.45) is 2.17. The van der Waals surface area contributed by atoms with Crippen LogP contribution in [0.5, 0.6) is 11.5 Å². The highest BCUT2D eigenvalue weighted by molar-refractivity contribution is 5.60. The Kier molecular flexibility index (Phi) is 3.43. The molecule has 4 nitrogen and oxygen atoms in total. The minimum Gasteiger partial charge on any atom is -0.497 e. The summed E-state index contributed by atoms with van der Waals surface area (Å²) in [5, 5.41) is 12.6. The van der Waals surface area contributed by atoms with Crippen molar-refractivity contribution in [3.8, 4) is 11.5 Å². The summed E-state index contributed by atoms with van der Waals surface area (Å²) in [4.78, 5) is 0. The van der Waals surface area contributed by atoms with Crippen LogP contribution in [-0.4, -0.2) is 32.5 Å². The first-order valence-electron chi connectivity index (χ1n) is 5.80. The van der Waals surface area contributed by atoms with E-state index in [1.165, 1.54) is 0 Å².